The Balaban J connectivity index is 2.01. The van der Waals surface area contributed by atoms with E-state index in [1.807, 2.05) is 6.92 Å². The minimum absolute atomic E-state index is 0.343. The topological polar surface area (TPSA) is 30.0 Å². The molecule has 0 aliphatic rings. The molecular weight excluding hydrogens is 257 g/mol. The highest BCUT2D eigenvalue weighted by Crippen LogP contribution is 2.15. The number of thiazole rings is 1. The average Bonchev–Trinajstić information content (AvgIpc) is 2.72. The summed E-state index contributed by atoms with van der Waals surface area (Å²) in [6.45, 7) is 1.94. The molecule has 0 aliphatic heterocycles. The van der Waals surface area contributed by atoms with Gasteiger partial charge in [0, 0.05) is 15.5 Å². The lowest BCUT2D eigenvalue weighted by atomic mass is 10.3. The largest absolute Gasteiger partial charge is 0.254 e. The Morgan fingerprint density at radius 3 is 2.94 bits per heavy atom. The maximum atomic E-state index is 13.0. The predicted octanol–water partition coefficient (Wildman–Crippen LogP) is 2.94. The zero-order valence-electron chi connectivity index (χ0n) is 9.35. The zero-order valence-corrected chi connectivity index (χ0v) is 11.0. The normalized spacial score (nSPS) is 12.6. The molecule has 0 fully saturated rings. The Hall–Kier alpha value is -1.07. The molecule has 2 aromatic rings. The van der Waals surface area contributed by atoms with Gasteiger partial charge in [-0.25, -0.2) is 9.37 Å². The summed E-state index contributed by atoms with van der Waals surface area (Å²) >= 11 is 1.57. The van der Waals surface area contributed by atoms with Gasteiger partial charge in [0.15, 0.2) is 0 Å². The summed E-state index contributed by atoms with van der Waals surface area (Å²) in [7, 11) is -1.15. The van der Waals surface area contributed by atoms with Crippen LogP contribution in [0, 0.1) is 12.7 Å². The van der Waals surface area contributed by atoms with Crippen LogP contribution in [-0.2, 0) is 17.2 Å². The maximum absolute atomic E-state index is 13.0. The van der Waals surface area contributed by atoms with Crippen LogP contribution >= 0.6 is 11.3 Å². The molecular formula is C12H12FNOS2. The molecule has 0 bridgehead atoms. The van der Waals surface area contributed by atoms with Crippen LogP contribution in [0.25, 0.3) is 0 Å². The van der Waals surface area contributed by atoms with E-state index in [-0.39, 0.29) is 5.82 Å². The Morgan fingerprint density at radius 1 is 1.47 bits per heavy atom. The van der Waals surface area contributed by atoms with Crippen LogP contribution in [0.2, 0.25) is 0 Å². The molecule has 1 aromatic heterocycles. The van der Waals surface area contributed by atoms with Gasteiger partial charge in [-0.2, -0.15) is 0 Å². The number of aromatic nitrogens is 1. The van der Waals surface area contributed by atoms with Gasteiger partial charge < -0.3 is 0 Å². The summed E-state index contributed by atoms with van der Waals surface area (Å²) in [4.78, 5) is 5.84. The number of hydrogen-bond donors (Lipinski definition) is 0. The monoisotopic (exact) mass is 269 g/mol. The van der Waals surface area contributed by atoms with Gasteiger partial charge in [0.2, 0.25) is 0 Å². The second-order valence-electron chi connectivity index (χ2n) is 3.62. The molecule has 17 heavy (non-hydrogen) atoms. The molecule has 1 aromatic carbocycles. The lowest BCUT2D eigenvalue weighted by Gasteiger charge is -2.01. The van der Waals surface area contributed by atoms with Gasteiger partial charge >= 0.3 is 0 Å². The van der Waals surface area contributed by atoms with Gasteiger partial charge in [-0.05, 0) is 31.5 Å². The van der Waals surface area contributed by atoms with Crippen LogP contribution in [0.4, 0.5) is 4.39 Å². The summed E-state index contributed by atoms with van der Waals surface area (Å²) in [5, 5.41) is 0. The van der Waals surface area contributed by atoms with Gasteiger partial charge in [0.1, 0.15) is 5.82 Å². The Bertz CT molecular complexity index is 539. The standard InChI is InChI=1S/C12H12FNOS2/c1-9-12(16-8-14-9)5-6-17(15)11-4-2-3-10(13)7-11/h2-4,7-8H,5-6H2,1H3. The van der Waals surface area contributed by atoms with E-state index in [4.69, 9.17) is 0 Å². The molecule has 1 heterocycles. The molecule has 2 nitrogen and oxygen atoms in total. The average molecular weight is 269 g/mol. The van der Waals surface area contributed by atoms with Gasteiger partial charge in [-0.3, -0.25) is 4.21 Å². The highest BCUT2D eigenvalue weighted by Gasteiger charge is 2.07. The Morgan fingerprint density at radius 2 is 2.29 bits per heavy atom. The van der Waals surface area contributed by atoms with E-state index in [0.29, 0.717) is 10.6 Å². The molecule has 90 valence electrons. The molecule has 0 aliphatic carbocycles. The van der Waals surface area contributed by atoms with Crippen molar-refractivity contribution in [3.05, 3.63) is 46.2 Å². The van der Waals surface area contributed by atoms with E-state index < -0.39 is 10.8 Å². The number of nitrogens with zero attached hydrogens (tertiary/aromatic N) is 1. The van der Waals surface area contributed by atoms with Crippen molar-refractivity contribution in [3.63, 3.8) is 0 Å². The molecule has 0 saturated carbocycles. The van der Waals surface area contributed by atoms with Crippen LogP contribution in [0.5, 0.6) is 0 Å². The molecule has 0 radical (unpaired) electrons. The number of aryl methyl sites for hydroxylation is 2. The van der Waals surface area contributed by atoms with Crippen molar-refractivity contribution in [3.8, 4) is 0 Å². The first-order valence-corrected chi connectivity index (χ1v) is 7.39. The van der Waals surface area contributed by atoms with Gasteiger partial charge in [-0.1, -0.05) is 6.07 Å². The summed E-state index contributed by atoms with van der Waals surface area (Å²) < 4.78 is 24.9. The fourth-order valence-corrected chi connectivity index (χ4v) is 3.49. The van der Waals surface area contributed by atoms with Crippen molar-refractivity contribution in [2.75, 3.05) is 5.75 Å². The Labute approximate surface area is 106 Å². The van der Waals surface area contributed by atoms with Crippen molar-refractivity contribution in [2.45, 2.75) is 18.2 Å². The van der Waals surface area contributed by atoms with E-state index in [1.165, 1.54) is 12.1 Å². The fraction of sp³-hybridized carbons (Fsp3) is 0.250. The van der Waals surface area contributed by atoms with E-state index in [9.17, 15) is 8.60 Å². The maximum Gasteiger partial charge on any atom is 0.124 e. The predicted molar refractivity (Wildman–Crippen MR) is 68.2 cm³/mol. The van der Waals surface area contributed by atoms with Crippen molar-refractivity contribution < 1.29 is 8.60 Å². The molecule has 5 heteroatoms. The second-order valence-corrected chi connectivity index (χ2v) is 6.13. The number of halogens is 1. The van der Waals surface area contributed by atoms with Crippen LogP contribution in [0.3, 0.4) is 0 Å². The van der Waals surface area contributed by atoms with E-state index in [2.05, 4.69) is 4.98 Å². The summed E-state index contributed by atoms with van der Waals surface area (Å²) in [6, 6.07) is 5.96. The molecule has 1 unspecified atom stereocenters. The van der Waals surface area contributed by atoms with Crippen LogP contribution < -0.4 is 0 Å². The van der Waals surface area contributed by atoms with Crippen LogP contribution in [0.1, 0.15) is 10.6 Å². The molecule has 1 atom stereocenters. The second kappa shape index (κ2) is 5.51. The highest BCUT2D eigenvalue weighted by atomic mass is 32.2. The molecule has 0 N–H and O–H groups in total. The Kier molecular flexibility index (Phi) is 4.02. The van der Waals surface area contributed by atoms with Crippen molar-refractivity contribution in [2.24, 2.45) is 0 Å². The first-order valence-electron chi connectivity index (χ1n) is 5.20. The summed E-state index contributed by atoms with van der Waals surface area (Å²) in [6.07, 6.45) is 0.722. The lowest BCUT2D eigenvalue weighted by Crippen LogP contribution is -2.01. The number of rotatable bonds is 4. The van der Waals surface area contributed by atoms with E-state index >= 15 is 0 Å². The van der Waals surface area contributed by atoms with Crippen molar-refractivity contribution >= 4 is 22.1 Å². The molecule has 2 rings (SSSR count). The van der Waals surface area contributed by atoms with Gasteiger partial charge in [-0.15, -0.1) is 11.3 Å². The van der Waals surface area contributed by atoms with Crippen molar-refractivity contribution in [1.82, 2.24) is 4.98 Å². The SMILES string of the molecule is Cc1ncsc1CCS(=O)c1cccc(F)c1. The minimum Gasteiger partial charge on any atom is -0.254 e. The van der Waals surface area contributed by atoms with E-state index in [0.717, 1.165) is 17.0 Å². The summed E-state index contributed by atoms with van der Waals surface area (Å²) in [5.74, 6) is 0.164. The third kappa shape index (κ3) is 3.20. The number of hydrogen-bond acceptors (Lipinski definition) is 3. The molecule has 0 amide bonds. The van der Waals surface area contributed by atoms with Gasteiger partial charge in [0.25, 0.3) is 0 Å². The molecule has 0 saturated heterocycles. The fourth-order valence-electron chi connectivity index (χ4n) is 1.48. The smallest absolute Gasteiger partial charge is 0.124 e. The quantitative estimate of drug-likeness (QED) is 0.854. The first kappa shape index (κ1) is 12.4. The first-order chi connectivity index (χ1) is 8.16. The third-order valence-corrected chi connectivity index (χ3v) is 4.77. The highest BCUT2D eigenvalue weighted by molar-refractivity contribution is 7.85. The summed E-state index contributed by atoms with van der Waals surface area (Å²) in [5.41, 5.74) is 2.78. The van der Waals surface area contributed by atoms with Crippen LogP contribution in [-0.4, -0.2) is 14.9 Å². The molecule has 0 spiro atoms. The van der Waals surface area contributed by atoms with Crippen LogP contribution in [0.15, 0.2) is 34.7 Å². The third-order valence-electron chi connectivity index (χ3n) is 2.42. The lowest BCUT2D eigenvalue weighted by molar-refractivity contribution is 0.622. The minimum atomic E-state index is -1.15. The van der Waals surface area contributed by atoms with Gasteiger partial charge in [0.05, 0.1) is 22.0 Å². The van der Waals surface area contributed by atoms with E-state index in [1.54, 1.807) is 29.0 Å². The van der Waals surface area contributed by atoms with Crippen molar-refractivity contribution in [1.29, 1.82) is 0 Å². The number of benzene rings is 1. The zero-order chi connectivity index (χ0) is 12.3.